The van der Waals surface area contributed by atoms with Crippen molar-refractivity contribution in [1.29, 1.82) is 5.26 Å². The summed E-state index contributed by atoms with van der Waals surface area (Å²) in [6, 6.07) is 14.1. The number of piperidine rings is 2. The summed E-state index contributed by atoms with van der Waals surface area (Å²) in [5, 5.41) is 55.4. The number of aromatic hydroxyl groups is 1. The maximum absolute atomic E-state index is 10.7. The molecule has 2 aromatic carbocycles. The van der Waals surface area contributed by atoms with Crippen LogP contribution in [0.4, 0.5) is 10.3 Å². The number of anilines is 2. The van der Waals surface area contributed by atoms with Gasteiger partial charge in [0.25, 0.3) is 0 Å². The van der Waals surface area contributed by atoms with E-state index in [2.05, 4.69) is 117 Å². The predicted octanol–water partition coefficient (Wildman–Crippen LogP) is 10.7. The molecule has 12 aromatic rings. The number of piperazine rings is 1. The van der Waals surface area contributed by atoms with Gasteiger partial charge in [0.2, 0.25) is 10.1 Å². The van der Waals surface area contributed by atoms with E-state index >= 15 is 0 Å². The van der Waals surface area contributed by atoms with E-state index in [9.17, 15) is 10.4 Å². The van der Waals surface area contributed by atoms with Crippen LogP contribution >= 0.6 is 56.9 Å². The van der Waals surface area contributed by atoms with Crippen molar-refractivity contribution in [3.05, 3.63) is 101 Å². The van der Waals surface area contributed by atoms with Gasteiger partial charge in [-0.1, -0.05) is 63.0 Å². The normalized spacial score (nSPS) is 16.6. The summed E-state index contributed by atoms with van der Waals surface area (Å²) in [6.07, 6.45) is 16.1. The Bertz CT molecular complexity index is 4340. The first-order valence-corrected chi connectivity index (χ1v) is 31.6. The van der Waals surface area contributed by atoms with E-state index in [4.69, 9.17) is 41.7 Å². The standard InChI is InChI=1S/C23H28ClN7OS.C18H20N6S.C17H15N7S2/c1-22(2)9-15(10-23(3,4)29-22)30(5)21-28-31-19(24)18(27-20(31)33-21)16-7-6-13(8-17(16)32)14-11-25-26-12-14;1-11-7-14(22-24-8-12(2)20-17(11)24)16-10-23-9-15(21-18(23)25-16)13-3-5-19-6-4-13;1-23-9-12-7-10(6-11(8-18)13(12)22-23)14-20-15-16(25-14)21-17(26-15)24-4-2-19-3-5-24/h6-8,11-12,15,29,32H,9-10H2,1-5H3,(H,25,26);7-10,13,19H,3-6H2,1-2H3;6-7,9,19H,2-5H2,1H3. The average molecular weight is 1220 g/mol. The molecule has 432 valence electrons. The zero-order valence-electron chi connectivity index (χ0n) is 47.8. The molecule has 84 heavy (non-hydrogen) atoms. The van der Waals surface area contributed by atoms with Crippen molar-refractivity contribution < 1.29 is 5.11 Å². The fraction of sp³-hybridized carbons (Fsp3) is 0.379. The summed E-state index contributed by atoms with van der Waals surface area (Å²) in [4.78, 5) is 33.0. The Balaban J connectivity index is 0.000000119. The van der Waals surface area contributed by atoms with Gasteiger partial charge in [0.1, 0.15) is 33.7 Å². The van der Waals surface area contributed by atoms with E-state index in [0.717, 1.165) is 137 Å². The van der Waals surface area contributed by atoms with Crippen LogP contribution in [-0.4, -0.2) is 137 Å². The predicted molar refractivity (Wildman–Crippen MR) is 337 cm³/mol. The minimum Gasteiger partial charge on any atom is -0.507 e. The third-order valence-electron chi connectivity index (χ3n) is 15.6. The zero-order chi connectivity index (χ0) is 58.2. The van der Waals surface area contributed by atoms with E-state index in [-0.39, 0.29) is 16.8 Å². The molecule has 5 N–H and O–H groups in total. The summed E-state index contributed by atoms with van der Waals surface area (Å²) in [5.74, 6) is 0.695. The highest BCUT2D eigenvalue weighted by Crippen LogP contribution is 2.42. The molecule has 0 unspecified atom stereocenters. The van der Waals surface area contributed by atoms with Gasteiger partial charge in [0, 0.05) is 110 Å². The molecule has 26 heteroatoms. The lowest BCUT2D eigenvalue weighted by Gasteiger charge is -2.48. The van der Waals surface area contributed by atoms with Crippen LogP contribution in [0.5, 0.6) is 5.75 Å². The van der Waals surface area contributed by atoms with Crippen molar-refractivity contribution in [1.82, 2.24) is 84.5 Å². The second-order valence-electron chi connectivity index (χ2n) is 23.2. The van der Waals surface area contributed by atoms with Crippen molar-refractivity contribution in [3.63, 3.8) is 0 Å². The Kier molecular flexibility index (Phi) is 14.7. The maximum atomic E-state index is 10.7. The molecule has 0 bridgehead atoms. The summed E-state index contributed by atoms with van der Waals surface area (Å²) in [6.45, 7) is 19.2. The SMILES string of the molecule is CN(c1nn2c(Cl)c(-c3ccc(-c4cn[nH]c4)cc3O)nc2s1)C1CC(C)(C)NC(C)(C)C1.Cc1cn2nc(-c3cn4cc(C5CCNCC5)nc4s3)cc(C)c2n1.Cn1cc2cc(-c3nc4sc(N5CCNCC5)nc4s3)cc(C#N)c2n1. The lowest BCUT2D eigenvalue weighted by molar-refractivity contribution is 0.161. The van der Waals surface area contributed by atoms with E-state index in [1.165, 1.54) is 29.9 Å². The Morgan fingerprint density at radius 2 is 1.57 bits per heavy atom. The van der Waals surface area contributed by atoms with Crippen LogP contribution in [0.2, 0.25) is 5.15 Å². The minimum atomic E-state index is 0.0447. The molecule has 0 radical (unpaired) electrons. The third kappa shape index (κ3) is 11.1. The number of imidazole rings is 3. The summed E-state index contributed by atoms with van der Waals surface area (Å²) in [7, 11) is 3.96. The van der Waals surface area contributed by atoms with Gasteiger partial charge in [-0.3, -0.25) is 14.2 Å². The van der Waals surface area contributed by atoms with Crippen molar-refractivity contribution in [3.8, 4) is 55.3 Å². The van der Waals surface area contributed by atoms with Crippen LogP contribution in [-0.2, 0) is 7.05 Å². The number of phenols is 1. The molecule has 21 nitrogen and oxygen atoms in total. The Labute approximate surface area is 505 Å². The zero-order valence-corrected chi connectivity index (χ0v) is 51.8. The van der Waals surface area contributed by atoms with Crippen LogP contribution < -0.4 is 25.8 Å². The number of hydrogen-bond donors (Lipinski definition) is 5. The molecule has 15 rings (SSSR count). The van der Waals surface area contributed by atoms with Crippen LogP contribution in [0.3, 0.4) is 0 Å². The first kappa shape index (κ1) is 55.8. The van der Waals surface area contributed by atoms with Crippen molar-refractivity contribution >= 4 is 103 Å². The first-order valence-electron chi connectivity index (χ1n) is 28.0. The van der Waals surface area contributed by atoms with Gasteiger partial charge in [-0.15, -0.1) is 5.10 Å². The van der Waals surface area contributed by atoms with Crippen molar-refractivity contribution in [2.45, 2.75) is 90.3 Å². The Morgan fingerprint density at radius 1 is 0.798 bits per heavy atom. The van der Waals surface area contributed by atoms with Crippen LogP contribution in [0.25, 0.3) is 79.7 Å². The number of hydrogen-bond acceptors (Lipinski definition) is 20. The fourth-order valence-electron chi connectivity index (χ4n) is 11.9. The summed E-state index contributed by atoms with van der Waals surface area (Å²) >= 11 is 13.1. The van der Waals surface area contributed by atoms with E-state index < -0.39 is 0 Å². The van der Waals surface area contributed by atoms with Gasteiger partial charge in [0.15, 0.2) is 30.6 Å². The van der Waals surface area contributed by atoms with Crippen molar-refractivity contribution in [2.75, 3.05) is 56.1 Å². The number of benzene rings is 2. The molecule has 0 amide bonds. The lowest BCUT2D eigenvalue weighted by Crippen LogP contribution is -2.61. The van der Waals surface area contributed by atoms with Gasteiger partial charge in [-0.05, 0) is 122 Å². The molecule has 10 aromatic heterocycles. The van der Waals surface area contributed by atoms with Gasteiger partial charge in [-0.25, -0.2) is 29.4 Å². The number of phenolic OH excluding ortho intramolecular Hbond substituents is 1. The number of H-pyrrole nitrogens is 1. The second kappa shape index (κ2) is 22.2. The number of nitrogens with zero attached hydrogens (tertiary/aromatic N) is 16. The summed E-state index contributed by atoms with van der Waals surface area (Å²) in [5.41, 5.74) is 10.4. The number of aryl methyl sites for hydroxylation is 3. The van der Waals surface area contributed by atoms with Crippen LogP contribution in [0.15, 0.2) is 73.6 Å². The van der Waals surface area contributed by atoms with Gasteiger partial charge < -0.3 is 30.9 Å². The molecule has 0 aliphatic carbocycles. The van der Waals surface area contributed by atoms with Crippen molar-refractivity contribution in [2.24, 2.45) is 7.05 Å². The second-order valence-corrected chi connectivity index (χ2v) is 27.4. The number of nitrogens with one attached hydrogen (secondary N) is 4. The molecule has 13 heterocycles. The quantitative estimate of drug-likeness (QED) is 0.0951. The monoisotopic (exact) mass is 1220 g/mol. The van der Waals surface area contributed by atoms with E-state index in [1.54, 1.807) is 61.7 Å². The molecule has 3 fully saturated rings. The highest BCUT2D eigenvalue weighted by Gasteiger charge is 2.40. The molecule has 3 aliphatic heterocycles. The Morgan fingerprint density at radius 3 is 2.29 bits per heavy atom. The van der Waals surface area contributed by atoms with Gasteiger partial charge in [0.05, 0.1) is 34.2 Å². The van der Waals surface area contributed by atoms with E-state index in [1.807, 2.05) is 55.1 Å². The molecule has 0 saturated carbocycles. The van der Waals surface area contributed by atoms with Gasteiger partial charge >= 0.3 is 0 Å². The van der Waals surface area contributed by atoms with Gasteiger partial charge in [-0.2, -0.15) is 25.1 Å². The maximum Gasteiger partial charge on any atom is 0.215 e. The van der Waals surface area contributed by atoms with Crippen LogP contribution in [0.1, 0.15) is 81.8 Å². The molecule has 3 aliphatic rings. The first-order chi connectivity index (χ1) is 40.4. The molecular formula is C58H63ClN20OS4. The average Bonchev–Trinajstić information content (AvgIpc) is 3.71. The smallest absolute Gasteiger partial charge is 0.215 e. The summed E-state index contributed by atoms with van der Waals surface area (Å²) < 4.78 is 7.42. The highest BCUT2D eigenvalue weighted by atomic mass is 35.5. The number of fused-ring (bicyclic) bond motifs is 5. The molecule has 0 atom stereocenters. The van der Waals surface area contributed by atoms with Crippen LogP contribution in [0, 0.1) is 25.2 Å². The number of halogens is 1. The fourth-order valence-corrected chi connectivity index (χ4v) is 16.1. The largest absolute Gasteiger partial charge is 0.507 e. The molecular weight excluding hydrogens is 1160 g/mol. The number of thiazole rings is 3. The number of rotatable bonds is 8. The lowest BCUT2D eigenvalue weighted by atomic mass is 9.79. The van der Waals surface area contributed by atoms with E-state index in [0.29, 0.717) is 38.9 Å². The topological polar surface area (TPSA) is 237 Å². The highest BCUT2D eigenvalue weighted by molar-refractivity contribution is 7.29. The number of nitriles is 1. The molecule has 3 saturated heterocycles. The minimum absolute atomic E-state index is 0.0447. The Hall–Kier alpha value is -7.41. The molecule has 0 spiro atoms. The number of aromatic nitrogens is 14. The number of aromatic amines is 1. The third-order valence-corrected chi connectivity index (χ3v) is 20.1.